The van der Waals surface area contributed by atoms with Gasteiger partial charge in [-0.25, -0.2) is 9.97 Å². The van der Waals surface area contributed by atoms with Crippen LogP contribution in [0, 0.1) is 0 Å². The van der Waals surface area contributed by atoms with Crippen molar-refractivity contribution < 1.29 is 0 Å². The predicted octanol–water partition coefficient (Wildman–Crippen LogP) is 0.850. The molecule has 0 aliphatic rings. The summed E-state index contributed by atoms with van der Waals surface area (Å²) in [6.07, 6.45) is 3.75. The van der Waals surface area contributed by atoms with Crippen LogP contribution in [-0.4, -0.2) is 48.3 Å². The number of thioether (sulfide) groups is 1. The van der Waals surface area contributed by atoms with Gasteiger partial charge in [0.25, 0.3) is 0 Å². The van der Waals surface area contributed by atoms with E-state index in [2.05, 4.69) is 34.3 Å². The summed E-state index contributed by atoms with van der Waals surface area (Å²) in [5.41, 5.74) is 1.12. The first kappa shape index (κ1) is 12.4. The van der Waals surface area contributed by atoms with Crippen LogP contribution in [0.1, 0.15) is 5.56 Å². The molecule has 4 nitrogen and oxygen atoms in total. The molecule has 0 radical (unpaired) electrons. The molecule has 1 rings (SSSR count). The van der Waals surface area contributed by atoms with E-state index in [1.807, 2.05) is 19.4 Å². The minimum absolute atomic E-state index is 0.822. The van der Waals surface area contributed by atoms with Crippen molar-refractivity contribution in [1.29, 1.82) is 0 Å². The molecule has 15 heavy (non-hydrogen) atoms. The highest BCUT2D eigenvalue weighted by molar-refractivity contribution is 7.99. The van der Waals surface area contributed by atoms with Crippen LogP contribution in [0.15, 0.2) is 17.6 Å². The molecule has 0 spiro atoms. The van der Waals surface area contributed by atoms with E-state index < -0.39 is 0 Å². The third kappa shape index (κ3) is 5.11. The quantitative estimate of drug-likeness (QED) is 0.575. The van der Waals surface area contributed by atoms with Gasteiger partial charge in [-0.3, -0.25) is 0 Å². The number of nitrogens with one attached hydrogen (secondary N) is 1. The molecule has 0 aliphatic carbocycles. The average molecular weight is 226 g/mol. The summed E-state index contributed by atoms with van der Waals surface area (Å²) in [7, 11) is 6.05. The molecule has 1 aromatic rings. The van der Waals surface area contributed by atoms with Crippen molar-refractivity contribution in [2.45, 2.75) is 11.7 Å². The van der Waals surface area contributed by atoms with Crippen LogP contribution >= 0.6 is 11.8 Å². The van der Waals surface area contributed by atoms with Gasteiger partial charge in [-0.1, -0.05) is 11.8 Å². The molecule has 1 heterocycles. The summed E-state index contributed by atoms with van der Waals surface area (Å²) in [6, 6.07) is 0. The first-order valence-electron chi connectivity index (χ1n) is 4.95. The third-order valence-electron chi connectivity index (χ3n) is 1.83. The SMILES string of the molecule is CNCc1cnc(SCCN(C)C)nc1. The van der Waals surface area contributed by atoms with E-state index in [1.165, 1.54) is 0 Å². The normalized spacial score (nSPS) is 10.9. The van der Waals surface area contributed by atoms with Gasteiger partial charge in [-0.05, 0) is 21.1 Å². The van der Waals surface area contributed by atoms with Gasteiger partial charge in [0, 0.05) is 36.8 Å². The zero-order valence-electron chi connectivity index (χ0n) is 9.53. The Morgan fingerprint density at radius 3 is 2.53 bits per heavy atom. The van der Waals surface area contributed by atoms with Crippen molar-refractivity contribution in [1.82, 2.24) is 20.2 Å². The second kappa shape index (κ2) is 6.76. The van der Waals surface area contributed by atoms with Crippen molar-refractivity contribution in [3.8, 4) is 0 Å². The van der Waals surface area contributed by atoms with Gasteiger partial charge in [-0.2, -0.15) is 0 Å². The maximum Gasteiger partial charge on any atom is 0.187 e. The molecule has 5 heteroatoms. The molecular weight excluding hydrogens is 208 g/mol. The molecule has 0 aliphatic heterocycles. The average Bonchev–Trinajstić information content (AvgIpc) is 2.20. The van der Waals surface area contributed by atoms with Gasteiger partial charge in [-0.15, -0.1) is 0 Å². The molecule has 0 atom stereocenters. The van der Waals surface area contributed by atoms with Crippen LogP contribution in [0.25, 0.3) is 0 Å². The van der Waals surface area contributed by atoms with E-state index in [0.29, 0.717) is 0 Å². The van der Waals surface area contributed by atoms with E-state index in [1.54, 1.807) is 11.8 Å². The van der Waals surface area contributed by atoms with Crippen LogP contribution in [0.3, 0.4) is 0 Å². The summed E-state index contributed by atoms with van der Waals surface area (Å²) >= 11 is 1.69. The fourth-order valence-corrected chi connectivity index (χ4v) is 1.93. The molecular formula is C10H18N4S. The Bertz CT molecular complexity index is 273. The van der Waals surface area contributed by atoms with Gasteiger partial charge >= 0.3 is 0 Å². The van der Waals surface area contributed by atoms with Gasteiger partial charge in [0.2, 0.25) is 0 Å². The van der Waals surface area contributed by atoms with Gasteiger partial charge in [0.05, 0.1) is 0 Å². The summed E-state index contributed by atoms with van der Waals surface area (Å²) in [5.74, 6) is 1.03. The molecule has 0 saturated heterocycles. The standard InChI is InChI=1S/C10H18N4S/c1-11-6-9-7-12-10(13-8-9)15-5-4-14(2)3/h7-8,11H,4-6H2,1-3H3. The van der Waals surface area contributed by atoms with Crippen LogP contribution in [0.5, 0.6) is 0 Å². The summed E-state index contributed by atoms with van der Waals surface area (Å²) in [4.78, 5) is 10.7. The molecule has 0 fully saturated rings. The first-order chi connectivity index (χ1) is 7.22. The first-order valence-corrected chi connectivity index (χ1v) is 5.94. The third-order valence-corrected chi connectivity index (χ3v) is 2.69. The van der Waals surface area contributed by atoms with Crippen molar-refractivity contribution in [3.63, 3.8) is 0 Å². The maximum atomic E-state index is 4.29. The highest BCUT2D eigenvalue weighted by Crippen LogP contribution is 2.11. The lowest BCUT2D eigenvalue weighted by Gasteiger charge is -2.07. The molecule has 0 amide bonds. The second-order valence-corrected chi connectivity index (χ2v) is 4.62. The smallest absolute Gasteiger partial charge is 0.187 e. The number of hydrogen-bond acceptors (Lipinski definition) is 5. The Hall–Kier alpha value is -0.650. The number of nitrogens with zero attached hydrogens (tertiary/aromatic N) is 3. The highest BCUT2D eigenvalue weighted by atomic mass is 32.2. The van der Waals surface area contributed by atoms with Gasteiger partial charge < -0.3 is 10.2 Å². The predicted molar refractivity (Wildman–Crippen MR) is 64.1 cm³/mol. The molecule has 0 unspecified atom stereocenters. The number of hydrogen-bond donors (Lipinski definition) is 1. The number of aromatic nitrogens is 2. The Balaban J connectivity index is 2.36. The van der Waals surface area contributed by atoms with E-state index in [0.717, 1.165) is 29.6 Å². The molecule has 0 aromatic carbocycles. The molecule has 0 saturated carbocycles. The summed E-state index contributed by atoms with van der Waals surface area (Å²) in [5, 5.41) is 3.93. The zero-order valence-corrected chi connectivity index (χ0v) is 10.3. The second-order valence-electron chi connectivity index (χ2n) is 3.56. The maximum absolute atomic E-state index is 4.29. The minimum atomic E-state index is 0.822. The molecule has 0 bridgehead atoms. The Morgan fingerprint density at radius 2 is 2.00 bits per heavy atom. The largest absolute Gasteiger partial charge is 0.316 e. The summed E-state index contributed by atoms with van der Waals surface area (Å²) < 4.78 is 0. The Morgan fingerprint density at radius 1 is 1.33 bits per heavy atom. The Kier molecular flexibility index (Phi) is 5.60. The van der Waals surface area contributed by atoms with Crippen LogP contribution in [0.4, 0.5) is 0 Å². The van der Waals surface area contributed by atoms with Crippen molar-refractivity contribution >= 4 is 11.8 Å². The minimum Gasteiger partial charge on any atom is -0.316 e. The lowest BCUT2D eigenvalue weighted by molar-refractivity contribution is 0.437. The lowest BCUT2D eigenvalue weighted by Crippen LogP contribution is -2.15. The van der Waals surface area contributed by atoms with Crippen molar-refractivity contribution in [2.24, 2.45) is 0 Å². The van der Waals surface area contributed by atoms with E-state index in [-0.39, 0.29) is 0 Å². The van der Waals surface area contributed by atoms with Crippen LogP contribution in [0.2, 0.25) is 0 Å². The van der Waals surface area contributed by atoms with Crippen LogP contribution in [-0.2, 0) is 6.54 Å². The fourth-order valence-electron chi connectivity index (χ4n) is 1.03. The van der Waals surface area contributed by atoms with Gasteiger partial charge in [0.15, 0.2) is 5.16 Å². The lowest BCUT2D eigenvalue weighted by atomic mass is 10.3. The fraction of sp³-hybridized carbons (Fsp3) is 0.600. The van der Waals surface area contributed by atoms with Crippen LogP contribution < -0.4 is 5.32 Å². The van der Waals surface area contributed by atoms with Gasteiger partial charge in [0.1, 0.15) is 0 Å². The highest BCUT2D eigenvalue weighted by Gasteiger charge is 1.98. The van der Waals surface area contributed by atoms with Crippen molar-refractivity contribution in [3.05, 3.63) is 18.0 Å². The van der Waals surface area contributed by atoms with Crippen molar-refractivity contribution in [2.75, 3.05) is 33.4 Å². The molecule has 1 aromatic heterocycles. The molecule has 84 valence electrons. The number of rotatable bonds is 6. The zero-order chi connectivity index (χ0) is 11.1. The Labute approximate surface area is 95.5 Å². The summed E-state index contributed by atoms with van der Waals surface area (Å²) in [6.45, 7) is 1.87. The monoisotopic (exact) mass is 226 g/mol. The topological polar surface area (TPSA) is 41.1 Å². The van der Waals surface area contributed by atoms with E-state index in [9.17, 15) is 0 Å². The molecule has 1 N–H and O–H groups in total. The van der Waals surface area contributed by atoms with E-state index in [4.69, 9.17) is 0 Å². The van der Waals surface area contributed by atoms with E-state index >= 15 is 0 Å².